The molecule has 0 atom stereocenters. The topological polar surface area (TPSA) is 90.0 Å². The third kappa shape index (κ3) is 4.41. The van der Waals surface area contributed by atoms with Gasteiger partial charge >= 0.3 is 0 Å². The number of amides is 1. The molecule has 0 bridgehead atoms. The highest BCUT2D eigenvalue weighted by Gasteiger charge is 2.07. The van der Waals surface area contributed by atoms with Gasteiger partial charge in [0.25, 0.3) is 5.56 Å². The first-order chi connectivity index (χ1) is 12.1. The van der Waals surface area contributed by atoms with Gasteiger partial charge in [-0.1, -0.05) is 35.5 Å². The van der Waals surface area contributed by atoms with Crippen LogP contribution in [0, 0.1) is 6.92 Å². The Bertz CT molecular complexity index is 915. The van der Waals surface area contributed by atoms with E-state index in [1.54, 1.807) is 19.1 Å². The number of benzene rings is 1. The number of carbonyl (C=O) groups is 1. The van der Waals surface area contributed by atoms with Gasteiger partial charge in [-0.3, -0.25) is 9.59 Å². The first kappa shape index (κ1) is 16.6. The lowest BCUT2D eigenvalue weighted by Gasteiger charge is -2.07. The minimum atomic E-state index is -0.188. The smallest absolute Gasteiger partial charge is 0.266 e. The highest BCUT2D eigenvalue weighted by atomic mass is 16.5. The third-order valence-corrected chi connectivity index (χ3v) is 3.61. The minimum absolute atomic E-state index is 0.180. The summed E-state index contributed by atoms with van der Waals surface area (Å²) in [4.78, 5) is 23.8. The maximum atomic E-state index is 11.9. The van der Waals surface area contributed by atoms with E-state index in [0.29, 0.717) is 24.5 Å². The van der Waals surface area contributed by atoms with Gasteiger partial charge in [-0.2, -0.15) is 5.10 Å². The van der Waals surface area contributed by atoms with Crippen molar-refractivity contribution in [3.8, 4) is 11.3 Å². The molecule has 1 amide bonds. The van der Waals surface area contributed by atoms with E-state index in [1.165, 1.54) is 10.7 Å². The number of aryl methyl sites for hydroxylation is 2. The van der Waals surface area contributed by atoms with Crippen LogP contribution in [0.25, 0.3) is 11.3 Å². The summed E-state index contributed by atoms with van der Waals surface area (Å²) in [6, 6.07) is 14.5. The maximum Gasteiger partial charge on any atom is 0.266 e. The normalized spacial score (nSPS) is 10.6. The van der Waals surface area contributed by atoms with E-state index in [4.69, 9.17) is 4.52 Å². The van der Waals surface area contributed by atoms with Gasteiger partial charge in [-0.05, 0) is 19.4 Å². The van der Waals surface area contributed by atoms with E-state index in [1.807, 2.05) is 30.3 Å². The molecule has 0 saturated heterocycles. The zero-order valence-corrected chi connectivity index (χ0v) is 13.8. The second kappa shape index (κ2) is 7.57. The minimum Gasteiger partial charge on any atom is -0.360 e. The zero-order valence-electron chi connectivity index (χ0n) is 13.8. The molecule has 25 heavy (non-hydrogen) atoms. The summed E-state index contributed by atoms with van der Waals surface area (Å²) in [5.74, 6) is 0.841. The van der Waals surface area contributed by atoms with Crippen molar-refractivity contribution in [1.82, 2.24) is 14.9 Å². The number of aromatic nitrogens is 3. The van der Waals surface area contributed by atoms with Gasteiger partial charge in [0.15, 0.2) is 5.82 Å². The number of carbonyl (C=O) groups excluding carboxylic acids is 1. The highest BCUT2D eigenvalue weighted by molar-refractivity contribution is 5.89. The molecule has 0 radical (unpaired) electrons. The van der Waals surface area contributed by atoms with Crippen LogP contribution in [-0.2, 0) is 11.3 Å². The van der Waals surface area contributed by atoms with Crippen LogP contribution in [0.5, 0.6) is 0 Å². The predicted molar refractivity (Wildman–Crippen MR) is 93.0 cm³/mol. The molecule has 0 aliphatic carbocycles. The third-order valence-electron chi connectivity index (χ3n) is 3.61. The maximum absolute atomic E-state index is 11.9. The molecule has 0 fully saturated rings. The fourth-order valence-electron chi connectivity index (χ4n) is 2.39. The number of nitrogens with one attached hydrogen (secondary N) is 1. The number of rotatable bonds is 6. The van der Waals surface area contributed by atoms with Crippen molar-refractivity contribution < 1.29 is 9.32 Å². The molecular formula is C18H18N4O3. The van der Waals surface area contributed by atoms with Gasteiger partial charge in [0.05, 0.1) is 5.69 Å². The Balaban J connectivity index is 1.59. The SMILES string of the molecule is Cc1cc(NC(=O)CCCn2nc(-c3ccccc3)ccc2=O)no1. The fraction of sp³-hybridized carbons (Fsp3) is 0.222. The molecule has 2 aromatic heterocycles. The molecule has 2 heterocycles. The van der Waals surface area contributed by atoms with Gasteiger partial charge in [0.1, 0.15) is 5.76 Å². The van der Waals surface area contributed by atoms with Gasteiger partial charge in [-0.25, -0.2) is 4.68 Å². The van der Waals surface area contributed by atoms with Crippen molar-refractivity contribution in [3.05, 3.63) is 64.6 Å². The fourth-order valence-corrected chi connectivity index (χ4v) is 2.39. The van der Waals surface area contributed by atoms with Crippen LogP contribution in [0.15, 0.2) is 57.8 Å². The Morgan fingerprint density at radius 3 is 2.72 bits per heavy atom. The van der Waals surface area contributed by atoms with Crippen LogP contribution in [0.2, 0.25) is 0 Å². The van der Waals surface area contributed by atoms with Gasteiger partial charge in [0.2, 0.25) is 5.91 Å². The molecule has 1 N–H and O–H groups in total. The first-order valence-corrected chi connectivity index (χ1v) is 7.98. The van der Waals surface area contributed by atoms with Crippen molar-refractivity contribution in [2.75, 3.05) is 5.32 Å². The molecule has 1 aromatic carbocycles. The van der Waals surface area contributed by atoms with Crippen molar-refractivity contribution in [3.63, 3.8) is 0 Å². The monoisotopic (exact) mass is 338 g/mol. The van der Waals surface area contributed by atoms with Crippen LogP contribution < -0.4 is 10.9 Å². The van der Waals surface area contributed by atoms with Crippen LogP contribution in [-0.4, -0.2) is 20.8 Å². The quantitative estimate of drug-likeness (QED) is 0.746. The summed E-state index contributed by atoms with van der Waals surface area (Å²) in [5.41, 5.74) is 1.48. The predicted octanol–water partition coefficient (Wildman–Crippen LogP) is 2.63. The van der Waals surface area contributed by atoms with E-state index in [-0.39, 0.29) is 17.9 Å². The van der Waals surface area contributed by atoms with Crippen molar-refractivity contribution in [2.24, 2.45) is 0 Å². The molecular weight excluding hydrogens is 320 g/mol. The van der Waals surface area contributed by atoms with Crippen LogP contribution in [0.3, 0.4) is 0 Å². The number of hydrogen-bond donors (Lipinski definition) is 1. The van der Waals surface area contributed by atoms with E-state index >= 15 is 0 Å². The van der Waals surface area contributed by atoms with Crippen LogP contribution in [0.1, 0.15) is 18.6 Å². The number of anilines is 1. The molecule has 3 aromatic rings. The molecule has 0 spiro atoms. The number of hydrogen-bond acceptors (Lipinski definition) is 5. The highest BCUT2D eigenvalue weighted by Crippen LogP contribution is 2.14. The van der Waals surface area contributed by atoms with E-state index in [9.17, 15) is 9.59 Å². The van der Waals surface area contributed by atoms with Crippen LogP contribution >= 0.6 is 0 Å². The van der Waals surface area contributed by atoms with Gasteiger partial charge < -0.3 is 9.84 Å². The molecule has 0 aliphatic heterocycles. The summed E-state index contributed by atoms with van der Waals surface area (Å²) in [6.45, 7) is 2.12. The summed E-state index contributed by atoms with van der Waals surface area (Å²) in [5, 5.41) is 10.7. The Kier molecular flexibility index (Phi) is 5.03. The van der Waals surface area contributed by atoms with Gasteiger partial charge in [-0.15, -0.1) is 0 Å². The second-order valence-corrected chi connectivity index (χ2v) is 5.62. The standard InChI is InChI=1S/C18H18N4O3/c1-13-12-16(21-25-13)19-17(23)8-5-11-22-18(24)10-9-15(20-22)14-6-3-2-4-7-14/h2-4,6-7,9-10,12H,5,8,11H2,1H3,(H,19,21,23). The Morgan fingerprint density at radius 1 is 1.20 bits per heavy atom. The van der Waals surface area contributed by atoms with Gasteiger partial charge in [0, 0.05) is 30.7 Å². The molecule has 7 heteroatoms. The summed E-state index contributed by atoms with van der Waals surface area (Å²) in [6.07, 6.45) is 0.753. The van der Waals surface area contributed by atoms with Crippen molar-refractivity contribution in [2.45, 2.75) is 26.3 Å². The Morgan fingerprint density at radius 2 is 2.00 bits per heavy atom. The molecule has 0 unspecified atom stereocenters. The molecule has 0 saturated carbocycles. The zero-order chi connectivity index (χ0) is 17.6. The molecule has 7 nitrogen and oxygen atoms in total. The van der Waals surface area contributed by atoms with Crippen LogP contribution in [0.4, 0.5) is 5.82 Å². The lowest BCUT2D eigenvalue weighted by atomic mass is 10.1. The summed E-state index contributed by atoms with van der Waals surface area (Å²) >= 11 is 0. The summed E-state index contributed by atoms with van der Waals surface area (Å²) in [7, 11) is 0. The Hall–Kier alpha value is -3.22. The average molecular weight is 338 g/mol. The molecule has 3 rings (SSSR count). The lowest BCUT2D eigenvalue weighted by Crippen LogP contribution is -2.23. The average Bonchev–Trinajstić information content (AvgIpc) is 3.02. The molecule has 128 valence electrons. The van der Waals surface area contributed by atoms with Crippen molar-refractivity contribution in [1.29, 1.82) is 0 Å². The number of nitrogens with zero attached hydrogens (tertiary/aromatic N) is 3. The largest absolute Gasteiger partial charge is 0.360 e. The summed E-state index contributed by atoms with van der Waals surface area (Å²) < 4.78 is 6.27. The molecule has 0 aliphatic rings. The second-order valence-electron chi connectivity index (χ2n) is 5.62. The van der Waals surface area contributed by atoms with Crippen molar-refractivity contribution >= 4 is 11.7 Å². The Labute approximate surface area is 144 Å². The van der Waals surface area contributed by atoms with E-state index in [2.05, 4.69) is 15.6 Å². The lowest BCUT2D eigenvalue weighted by molar-refractivity contribution is -0.116. The van der Waals surface area contributed by atoms with E-state index < -0.39 is 0 Å². The van der Waals surface area contributed by atoms with E-state index in [0.717, 1.165) is 11.3 Å². The first-order valence-electron chi connectivity index (χ1n) is 7.98.